The summed E-state index contributed by atoms with van der Waals surface area (Å²) >= 11 is 0. The molecule has 0 bridgehead atoms. The van der Waals surface area contributed by atoms with Crippen molar-refractivity contribution >= 4 is 17.9 Å². The smallest absolute Gasteiger partial charge is 0.251 e. The molecule has 0 spiro atoms. The van der Waals surface area contributed by atoms with Crippen LogP contribution >= 0.6 is 0 Å². The Labute approximate surface area is 131 Å². The van der Waals surface area contributed by atoms with E-state index >= 15 is 0 Å². The summed E-state index contributed by atoms with van der Waals surface area (Å²) in [6.45, 7) is 1.66. The Balaban J connectivity index is 2.53. The van der Waals surface area contributed by atoms with Crippen LogP contribution < -0.4 is 10.6 Å². The first kappa shape index (κ1) is 17.9. The molecule has 120 valence electrons. The first-order valence-electron chi connectivity index (χ1n) is 7.45. The van der Waals surface area contributed by atoms with Crippen LogP contribution in [0.5, 0.6) is 0 Å². The number of amides is 2. The van der Waals surface area contributed by atoms with Gasteiger partial charge in [-0.25, -0.2) is 0 Å². The molecule has 1 atom stereocenters. The number of hydrogen-bond acceptors (Lipinski definition) is 3. The Morgan fingerprint density at radius 3 is 2.82 bits per heavy atom. The lowest BCUT2D eigenvalue weighted by Gasteiger charge is -2.10. The summed E-state index contributed by atoms with van der Waals surface area (Å²) < 4.78 is 0. The van der Waals surface area contributed by atoms with E-state index in [1.54, 1.807) is 26.1 Å². The molecule has 0 aliphatic rings. The van der Waals surface area contributed by atoms with Crippen molar-refractivity contribution in [2.75, 3.05) is 13.7 Å². The van der Waals surface area contributed by atoms with Gasteiger partial charge < -0.3 is 15.7 Å². The zero-order chi connectivity index (χ0) is 16.4. The molecule has 0 aliphatic heterocycles. The van der Waals surface area contributed by atoms with E-state index in [0.717, 1.165) is 18.4 Å². The maximum Gasteiger partial charge on any atom is 0.251 e. The largest absolute Gasteiger partial charge is 0.394 e. The fraction of sp³-hybridized carbons (Fsp3) is 0.412. The zero-order valence-corrected chi connectivity index (χ0v) is 13.1. The molecule has 22 heavy (non-hydrogen) atoms. The zero-order valence-electron chi connectivity index (χ0n) is 13.1. The van der Waals surface area contributed by atoms with Crippen LogP contribution in [0.15, 0.2) is 30.3 Å². The number of unbranched alkanes of at least 4 members (excludes halogenated alkanes) is 1. The molecule has 0 radical (unpaired) electrons. The highest BCUT2D eigenvalue weighted by atomic mass is 16.3. The summed E-state index contributed by atoms with van der Waals surface area (Å²) in [6.07, 6.45) is 6.06. The predicted molar refractivity (Wildman–Crippen MR) is 87.4 cm³/mol. The van der Waals surface area contributed by atoms with Gasteiger partial charge in [0, 0.05) is 25.1 Å². The quantitative estimate of drug-likeness (QED) is 0.640. The Morgan fingerprint density at radius 2 is 2.14 bits per heavy atom. The van der Waals surface area contributed by atoms with Crippen molar-refractivity contribution in [3.63, 3.8) is 0 Å². The molecule has 5 heteroatoms. The van der Waals surface area contributed by atoms with Gasteiger partial charge in [-0.3, -0.25) is 9.59 Å². The lowest BCUT2D eigenvalue weighted by molar-refractivity contribution is -0.120. The van der Waals surface area contributed by atoms with Gasteiger partial charge in [-0.05, 0) is 37.5 Å². The summed E-state index contributed by atoms with van der Waals surface area (Å²) in [5, 5.41) is 14.3. The van der Waals surface area contributed by atoms with Crippen molar-refractivity contribution < 1.29 is 14.7 Å². The fourth-order valence-corrected chi connectivity index (χ4v) is 1.86. The van der Waals surface area contributed by atoms with E-state index in [-0.39, 0.29) is 24.5 Å². The minimum absolute atomic E-state index is 0.0464. The molecule has 1 rings (SSSR count). The number of hydrogen-bond donors (Lipinski definition) is 3. The second-order valence-electron chi connectivity index (χ2n) is 5.15. The molecule has 0 fully saturated rings. The SMILES string of the molecule is CNC(=O)CCC/C=C\c1cccc(C(=O)N[C@H](C)CO)c1. The molecule has 0 saturated heterocycles. The van der Waals surface area contributed by atoms with Gasteiger partial charge in [-0.1, -0.05) is 24.3 Å². The third kappa shape index (κ3) is 6.54. The van der Waals surface area contributed by atoms with Crippen LogP contribution in [0, 0.1) is 0 Å². The third-order valence-electron chi connectivity index (χ3n) is 3.16. The van der Waals surface area contributed by atoms with E-state index < -0.39 is 0 Å². The Hall–Kier alpha value is -2.14. The molecule has 1 aromatic carbocycles. The molecule has 1 aromatic rings. The van der Waals surface area contributed by atoms with Crippen LogP contribution in [0.1, 0.15) is 42.1 Å². The lowest BCUT2D eigenvalue weighted by Crippen LogP contribution is -2.34. The molecule has 5 nitrogen and oxygen atoms in total. The van der Waals surface area contributed by atoms with E-state index in [0.29, 0.717) is 12.0 Å². The minimum Gasteiger partial charge on any atom is -0.394 e. The minimum atomic E-state index is -0.267. The van der Waals surface area contributed by atoms with Gasteiger partial charge in [-0.2, -0.15) is 0 Å². The number of benzene rings is 1. The molecule has 0 heterocycles. The fourth-order valence-electron chi connectivity index (χ4n) is 1.86. The summed E-state index contributed by atoms with van der Waals surface area (Å²) in [4.78, 5) is 23.0. The Bertz CT molecular complexity index is 526. The number of aliphatic hydroxyl groups is 1. The van der Waals surface area contributed by atoms with Crippen LogP contribution in [0.25, 0.3) is 6.08 Å². The van der Waals surface area contributed by atoms with E-state index in [4.69, 9.17) is 5.11 Å². The van der Waals surface area contributed by atoms with Crippen molar-refractivity contribution in [1.82, 2.24) is 10.6 Å². The van der Waals surface area contributed by atoms with Crippen molar-refractivity contribution in [3.05, 3.63) is 41.5 Å². The van der Waals surface area contributed by atoms with Crippen molar-refractivity contribution in [1.29, 1.82) is 0 Å². The highest BCUT2D eigenvalue weighted by Crippen LogP contribution is 2.09. The third-order valence-corrected chi connectivity index (χ3v) is 3.16. The average molecular weight is 304 g/mol. The van der Waals surface area contributed by atoms with Gasteiger partial charge >= 0.3 is 0 Å². The topological polar surface area (TPSA) is 78.4 Å². The van der Waals surface area contributed by atoms with E-state index in [1.807, 2.05) is 24.3 Å². The molecule has 0 aromatic heterocycles. The molecule has 0 unspecified atom stereocenters. The van der Waals surface area contributed by atoms with E-state index in [9.17, 15) is 9.59 Å². The Kier molecular flexibility index (Phi) is 7.92. The van der Waals surface area contributed by atoms with Gasteiger partial charge in [-0.15, -0.1) is 0 Å². The van der Waals surface area contributed by atoms with E-state index in [2.05, 4.69) is 10.6 Å². The summed E-state index contributed by atoms with van der Waals surface area (Å²) in [5.41, 5.74) is 1.50. The molecule has 0 saturated carbocycles. The number of allylic oxidation sites excluding steroid dienone is 1. The van der Waals surface area contributed by atoms with Gasteiger partial charge in [0.1, 0.15) is 0 Å². The maximum absolute atomic E-state index is 12.0. The number of carbonyl (C=O) groups is 2. The second kappa shape index (κ2) is 9.73. The van der Waals surface area contributed by atoms with Crippen LogP contribution in [0.3, 0.4) is 0 Å². The molecule has 2 amide bonds. The number of rotatable bonds is 8. The van der Waals surface area contributed by atoms with Gasteiger partial charge in [0.15, 0.2) is 0 Å². The standard InChI is InChI=1S/C17H24N2O3/c1-13(12-20)19-17(22)15-9-6-8-14(11-15)7-4-3-5-10-16(21)18-2/h4,6-9,11,13,20H,3,5,10,12H2,1-2H3,(H,18,21)(H,19,22)/b7-4-/t13-/m1/s1. The lowest BCUT2D eigenvalue weighted by atomic mass is 10.1. The van der Waals surface area contributed by atoms with Crippen molar-refractivity contribution in [2.45, 2.75) is 32.2 Å². The number of carbonyl (C=O) groups excluding carboxylic acids is 2. The van der Waals surface area contributed by atoms with Gasteiger partial charge in [0.05, 0.1) is 6.61 Å². The van der Waals surface area contributed by atoms with Gasteiger partial charge in [0.25, 0.3) is 5.91 Å². The second-order valence-corrected chi connectivity index (χ2v) is 5.15. The maximum atomic E-state index is 12.0. The van der Waals surface area contributed by atoms with Crippen LogP contribution in [0.2, 0.25) is 0 Å². The van der Waals surface area contributed by atoms with Crippen LogP contribution in [-0.2, 0) is 4.79 Å². The first-order valence-corrected chi connectivity index (χ1v) is 7.45. The highest BCUT2D eigenvalue weighted by molar-refractivity contribution is 5.94. The van der Waals surface area contributed by atoms with Crippen LogP contribution in [-0.4, -0.2) is 36.6 Å². The molecule has 3 N–H and O–H groups in total. The monoisotopic (exact) mass is 304 g/mol. The number of aliphatic hydroxyl groups excluding tert-OH is 1. The Morgan fingerprint density at radius 1 is 1.36 bits per heavy atom. The summed E-state index contributed by atoms with van der Waals surface area (Å²) in [6, 6.07) is 7.01. The first-order chi connectivity index (χ1) is 10.6. The average Bonchev–Trinajstić information content (AvgIpc) is 2.54. The highest BCUT2D eigenvalue weighted by Gasteiger charge is 2.08. The van der Waals surface area contributed by atoms with Crippen molar-refractivity contribution in [2.24, 2.45) is 0 Å². The van der Waals surface area contributed by atoms with Crippen LogP contribution in [0.4, 0.5) is 0 Å². The molecular weight excluding hydrogens is 280 g/mol. The number of nitrogens with one attached hydrogen (secondary N) is 2. The molecule has 0 aliphatic carbocycles. The summed E-state index contributed by atoms with van der Waals surface area (Å²) in [5.74, 6) is -0.151. The van der Waals surface area contributed by atoms with Crippen molar-refractivity contribution in [3.8, 4) is 0 Å². The summed E-state index contributed by atoms with van der Waals surface area (Å²) in [7, 11) is 1.63. The predicted octanol–water partition coefficient (Wildman–Crippen LogP) is 1.73. The van der Waals surface area contributed by atoms with Gasteiger partial charge in [0.2, 0.25) is 5.91 Å². The molecular formula is C17H24N2O3. The van der Waals surface area contributed by atoms with E-state index in [1.165, 1.54) is 0 Å². The normalized spacial score (nSPS) is 12.1.